The Morgan fingerprint density at radius 2 is 2.22 bits per heavy atom. The molecule has 18 heavy (non-hydrogen) atoms. The van der Waals surface area contributed by atoms with Crippen molar-refractivity contribution in [1.82, 2.24) is 9.97 Å². The fourth-order valence-corrected chi connectivity index (χ4v) is 2.13. The Kier molecular flexibility index (Phi) is 4.55. The summed E-state index contributed by atoms with van der Waals surface area (Å²) in [6.45, 7) is 2.90. The third-order valence-corrected chi connectivity index (χ3v) is 3.27. The average Bonchev–Trinajstić information content (AvgIpc) is 2.34. The van der Waals surface area contributed by atoms with Gasteiger partial charge in [-0.2, -0.15) is 4.98 Å². The van der Waals surface area contributed by atoms with Crippen molar-refractivity contribution in [3.8, 4) is 0 Å². The zero-order valence-corrected chi connectivity index (χ0v) is 12.3. The van der Waals surface area contributed by atoms with E-state index in [1.54, 1.807) is 6.20 Å². The van der Waals surface area contributed by atoms with Crippen LogP contribution < -0.4 is 5.32 Å². The lowest BCUT2D eigenvalue weighted by molar-refractivity contribution is 0.993. The maximum atomic E-state index is 5.75. The second-order valence-electron chi connectivity index (χ2n) is 4.00. The molecule has 0 saturated carbocycles. The standard InChI is InChI=1S/C13H13BrClN3/c1-9-3-2-4-10(7-9)5-6-16-12-11(14)8-17-13(15)18-12/h2-4,7-8H,5-6H2,1H3,(H,16,17,18). The van der Waals surface area contributed by atoms with Crippen LogP contribution in [0.25, 0.3) is 0 Å². The first-order valence-electron chi connectivity index (χ1n) is 5.62. The monoisotopic (exact) mass is 325 g/mol. The van der Waals surface area contributed by atoms with Crippen molar-refractivity contribution in [2.75, 3.05) is 11.9 Å². The molecule has 0 fully saturated rings. The average molecular weight is 327 g/mol. The van der Waals surface area contributed by atoms with Gasteiger partial charge < -0.3 is 5.32 Å². The van der Waals surface area contributed by atoms with E-state index >= 15 is 0 Å². The first-order chi connectivity index (χ1) is 8.65. The number of hydrogen-bond donors (Lipinski definition) is 1. The molecule has 94 valence electrons. The molecule has 1 aromatic heterocycles. The molecule has 0 amide bonds. The van der Waals surface area contributed by atoms with Crippen LogP contribution in [0.4, 0.5) is 5.82 Å². The van der Waals surface area contributed by atoms with Gasteiger partial charge in [0.1, 0.15) is 5.82 Å². The van der Waals surface area contributed by atoms with Crippen molar-refractivity contribution in [2.24, 2.45) is 0 Å². The fourth-order valence-electron chi connectivity index (χ4n) is 1.66. The van der Waals surface area contributed by atoms with Gasteiger partial charge in [0.2, 0.25) is 5.28 Å². The maximum absolute atomic E-state index is 5.75. The predicted octanol–water partition coefficient (Wildman–Crippen LogP) is 3.86. The highest BCUT2D eigenvalue weighted by Crippen LogP contribution is 2.20. The van der Waals surface area contributed by atoms with Gasteiger partial charge in [-0.05, 0) is 46.4 Å². The summed E-state index contributed by atoms with van der Waals surface area (Å²) >= 11 is 9.13. The highest BCUT2D eigenvalue weighted by Gasteiger charge is 2.03. The van der Waals surface area contributed by atoms with Gasteiger partial charge in [-0.1, -0.05) is 29.8 Å². The molecule has 2 aromatic rings. The van der Waals surface area contributed by atoms with Crippen molar-refractivity contribution >= 4 is 33.3 Å². The molecule has 0 aliphatic carbocycles. The Morgan fingerprint density at radius 3 is 3.00 bits per heavy atom. The number of nitrogens with zero attached hydrogens (tertiary/aromatic N) is 2. The Morgan fingerprint density at radius 1 is 1.39 bits per heavy atom. The molecule has 0 aliphatic rings. The third-order valence-electron chi connectivity index (χ3n) is 2.50. The molecule has 0 bridgehead atoms. The fraction of sp³-hybridized carbons (Fsp3) is 0.231. The predicted molar refractivity (Wildman–Crippen MR) is 78.1 cm³/mol. The normalized spacial score (nSPS) is 10.4. The highest BCUT2D eigenvalue weighted by atomic mass is 79.9. The van der Waals surface area contributed by atoms with Crippen LogP contribution in [0.2, 0.25) is 5.28 Å². The zero-order valence-electron chi connectivity index (χ0n) is 9.95. The molecule has 2 rings (SSSR count). The van der Waals surface area contributed by atoms with Crippen LogP contribution in [0, 0.1) is 6.92 Å². The number of aromatic nitrogens is 2. The molecular weight excluding hydrogens is 314 g/mol. The van der Waals surface area contributed by atoms with Crippen molar-refractivity contribution < 1.29 is 0 Å². The molecule has 1 aromatic carbocycles. The minimum absolute atomic E-state index is 0.247. The molecule has 0 spiro atoms. The summed E-state index contributed by atoms with van der Waals surface area (Å²) in [7, 11) is 0. The molecule has 5 heteroatoms. The van der Waals surface area contributed by atoms with Crippen LogP contribution in [0.1, 0.15) is 11.1 Å². The number of nitrogens with one attached hydrogen (secondary N) is 1. The van der Waals surface area contributed by atoms with E-state index < -0.39 is 0 Å². The lowest BCUT2D eigenvalue weighted by Crippen LogP contribution is -2.07. The Balaban J connectivity index is 1.94. The molecule has 1 N–H and O–H groups in total. The summed E-state index contributed by atoms with van der Waals surface area (Å²) in [6, 6.07) is 8.47. The zero-order chi connectivity index (χ0) is 13.0. The summed E-state index contributed by atoms with van der Waals surface area (Å²) < 4.78 is 0.816. The number of aryl methyl sites for hydroxylation is 1. The molecule has 0 unspecified atom stereocenters. The maximum Gasteiger partial charge on any atom is 0.224 e. The lowest BCUT2D eigenvalue weighted by Gasteiger charge is -2.07. The molecule has 0 saturated heterocycles. The number of halogens is 2. The Labute approximate surface area is 120 Å². The number of anilines is 1. The molecule has 0 aliphatic heterocycles. The van der Waals surface area contributed by atoms with Crippen molar-refractivity contribution in [2.45, 2.75) is 13.3 Å². The number of benzene rings is 1. The summed E-state index contributed by atoms with van der Waals surface area (Å²) in [6.07, 6.45) is 2.58. The second kappa shape index (κ2) is 6.16. The first kappa shape index (κ1) is 13.3. The van der Waals surface area contributed by atoms with E-state index in [9.17, 15) is 0 Å². The van der Waals surface area contributed by atoms with E-state index in [-0.39, 0.29) is 5.28 Å². The van der Waals surface area contributed by atoms with Gasteiger partial charge >= 0.3 is 0 Å². The minimum atomic E-state index is 0.247. The summed E-state index contributed by atoms with van der Waals surface area (Å²) in [5, 5.41) is 3.49. The van der Waals surface area contributed by atoms with E-state index in [1.165, 1.54) is 11.1 Å². The SMILES string of the molecule is Cc1cccc(CCNc2nc(Cl)ncc2Br)c1. The van der Waals surface area contributed by atoms with Crippen LogP contribution in [0.5, 0.6) is 0 Å². The van der Waals surface area contributed by atoms with E-state index in [2.05, 4.69) is 62.4 Å². The van der Waals surface area contributed by atoms with Crippen LogP contribution in [0.15, 0.2) is 34.9 Å². The largest absolute Gasteiger partial charge is 0.369 e. The number of hydrogen-bond acceptors (Lipinski definition) is 3. The minimum Gasteiger partial charge on any atom is -0.369 e. The summed E-state index contributed by atoms with van der Waals surface area (Å²) in [5.41, 5.74) is 2.58. The second-order valence-corrected chi connectivity index (χ2v) is 5.19. The van der Waals surface area contributed by atoms with E-state index in [0.29, 0.717) is 0 Å². The quantitative estimate of drug-likeness (QED) is 0.867. The van der Waals surface area contributed by atoms with Crippen molar-refractivity contribution in [1.29, 1.82) is 0 Å². The van der Waals surface area contributed by atoms with Crippen molar-refractivity contribution in [3.05, 3.63) is 51.3 Å². The third kappa shape index (κ3) is 3.68. The van der Waals surface area contributed by atoms with E-state index in [4.69, 9.17) is 11.6 Å². The van der Waals surface area contributed by atoms with Gasteiger partial charge in [0.15, 0.2) is 0 Å². The van der Waals surface area contributed by atoms with Gasteiger partial charge in [0, 0.05) is 12.7 Å². The molecular formula is C13H13BrClN3. The first-order valence-corrected chi connectivity index (χ1v) is 6.80. The van der Waals surface area contributed by atoms with Gasteiger partial charge in [-0.25, -0.2) is 4.98 Å². The smallest absolute Gasteiger partial charge is 0.224 e. The lowest BCUT2D eigenvalue weighted by atomic mass is 10.1. The Hall–Kier alpha value is -1.13. The summed E-state index contributed by atoms with van der Waals surface area (Å²) in [4.78, 5) is 8.00. The Bertz CT molecular complexity index is 546. The van der Waals surface area contributed by atoms with Crippen LogP contribution in [-0.4, -0.2) is 16.5 Å². The molecule has 3 nitrogen and oxygen atoms in total. The number of rotatable bonds is 4. The highest BCUT2D eigenvalue weighted by molar-refractivity contribution is 9.10. The topological polar surface area (TPSA) is 37.8 Å². The summed E-state index contributed by atoms with van der Waals surface area (Å²) in [5.74, 6) is 0.725. The van der Waals surface area contributed by atoms with Gasteiger partial charge in [-0.15, -0.1) is 0 Å². The molecule has 1 heterocycles. The van der Waals surface area contributed by atoms with E-state index in [0.717, 1.165) is 23.3 Å². The van der Waals surface area contributed by atoms with Crippen LogP contribution in [0.3, 0.4) is 0 Å². The van der Waals surface area contributed by atoms with Gasteiger partial charge in [0.25, 0.3) is 0 Å². The van der Waals surface area contributed by atoms with Gasteiger partial charge in [-0.3, -0.25) is 0 Å². The molecule has 0 radical (unpaired) electrons. The van der Waals surface area contributed by atoms with E-state index in [1.807, 2.05) is 0 Å². The van der Waals surface area contributed by atoms with Gasteiger partial charge in [0.05, 0.1) is 4.47 Å². The van der Waals surface area contributed by atoms with Crippen LogP contribution in [-0.2, 0) is 6.42 Å². The van der Waals surface area contributed by atoms with Crippen molar-refractivity contribution in [3.63, 3.8) is 0 Å². The molecule has 0 atom stereocenters. The van der Waals surface area contributed by atoms with Crippen LogP contribution >= 0.6 is 27.5 Å².